The van der Waals surface area contributed by atoms with Crippen molar-refractivity contribution < 1.29 is 3.07 Å². The van der Waals surface area contributed by atoms with Crippen LogP contribution in [-0.4, -0.2) is 9.82 Å². The van der Waals surface area contributed by atoms with Gasteiger partial charge in [0, 0.05) is 12.1 Å². The molecule has 1 fully saturated rings. The third-order valence-corrected chi connectivity index (χ3v) is 4.77. The van der Waals surface area contributed by atoms with Crippen LogP contribution >= 0.6 is 45.6 Å². The van der Waals surface area contributed by atoms with Crippen molar-refractivity contribution in [2.75, 3.05) is 0 Å². The van der Waals surface area contributed by atoms with Crippen LogP contribution in [0.2, 0.25) is 0 Å². The topological polar surface area (TPSA) is 33.6 Å². The molecule has 0 aromatic heterocycles. The smallest absolute Gasteiger partial charge is 0.110 e. The second kappa shape index (κ2) is 5.81. The van der Waals surface area contributed by atoms with Crippen LogP contribution in [0.5, 0.6) is 0 Å². The molecule has 0 radical (unpaired) electrons. The summed E-state index contributed by atoms with van der Waals surface area (Å²) < 4.78 is 6.63. The van der Waals surface area contributed by atoms with E-state index in [-0.39, 0.29) is 0 Å². The molecular weight excluding hydrogens is 418 g/mol. The Balaban J connectivity index is 2.04. The third-order valence-electron chi connectivity index (χ3n) is 3.06. The largest absolute Gasteiger partial charge is 0.312 e. The monoisotopic (exact) mass is 432 g/mol. The number of fused-ring (bicyclic) bond motifs is 1. The third kappa shape index (κ3) is 3.06. The number of hydrogen-bond donors (Lipinski definition) is 1. The Bertz CT molecular complexity index is 291. The molecule has 2 aliphatic rings. The highest BCUT2D eigenvalue weighted by Gasteiger charge is 2.25. The summed E-state index contributed by atoms with van der Waals surface area (Å²) >= 11 is 4.38. The lowest BCUT2D eigenvalue weighted by Crippen LogP contribution is -2.24. The molecule has 1 heterocycles. The fraction of sp³-hybridized carbons (Fsp3) is 0.700. The van der Waals surface area contributed by atoms with Gasteiger partial charge < -0.3 is 3.07 Å². The van der Waals surface area contributed by atoms with E-state index in [9.17, 15) is 0 Å². The van der Waals surface area contributed by atoms with Crippen LogP contribution < -0.4 is 5.43 Å². The van der Waals surface area contributed by atoms with Crippen molar-refractivity contribution in [3.63, 3.8) is 0 Å². The number of halogens is 2. The van der Waals surface area contributed by atoms with Gasteiger partial charge in [-0.15, -0.1) is 0 Å². The zero-order chi connectivity index (χ0) is 10.7. The molecule has 0 aromatic rings. The summed E-state index contributed by atoms with van der Waals surface area (Å²) in [6.07, 6.45) is 8.41. The van der Waals surface area contributed by atoms with Gasteiger partial charge in [-0.25, -0.2) is 0 Å². The maximum absolute atomic E-state index is 5.42. The number of hydrogen-bond acceptors (Lipinski definition) is 3. The van der Waals surface area contributed by atoms with E-state index in [0.717, 1.165) is 12.8 Å². The minimum absolute atomic E-state index is 0.434. The Morgan fingerprint density at radius 1 is 1.40 bits per heavy atom. The summed E-state index contributed by atoms with van der Waals surface area (Å²) in [4.78, 5) is 0. The number of hydrazone groups is 1. The summed E-state index contributed by atoms with van der Waals surface area (Å²) in [6, 6.07) is 0. The molecule has 1 aliphatic heterocycles. The first-order valence-electron chi connectivity index (χ1n) is 5.26. The quantitative estimate of drug-likeness (QED) is 0.644. The molecule has 0 aromatic carbocycles. The molecule has 1 saturated carbocycles. The van der Waals surface area contributed by atoms with Crippen LogP contribution in [0.3, 0.4) is 0 Å². The van der Waals surface area contributed by atoms with Crippen LogP contribution in [0.1, 0.15) is 32.1 Å². The van der Waals surface area contributed by atoms with Crippen LogP contribution in [0.25, 0.3) is 0 Å². The van der Waals surface area contributed by atoms with Crippen molar-refractivity contribution in [2.24, 2.45) is 11.0 Å². The summed E-state index contributed by atoms with van der Waals surface area (Å²) in [5.41, 5.74) is 4.48. The van der Waals surface area contributed by atoms with E-state index >= 15 is 0 Å². The molecule has 1 N–H and O–H groups in total. The number of nitrogens with zero attached hydrogens (tertiary/aromatic N) is 1. The molecule has 5 heteroatoms. The van der Waals surface area contributed by atoms with Gasteiger partial charge in [0.15, 0.2) is 0 Å². The Morgan fingerprint density at radius 3 is 3.07 bits per heavy atom. The summed E-state index contributed by atoms with van der Waals surface area (Å²) in [6.45, 7) is 0. The second-order valence-corrected chi connectivity index (χ2v) is 5.63. The summed E-state index contributed by atoms with van der Waals surface area (Å²) in [7, 11) is 0. The standard InChI is InChI=1S/C10H14I2N2O/c11-10-9-3-1-2-8(15-12)5-4-7(9)6-13-14-10/h6,8-9,13H,1-5H2. The molecule has 15 heavy (non-hydrogen) atoms. The maximum atomic E-state index is 5.42. The van der Waals surface area contributed by atoms with Crippen LogP contribution in [-0.2, 0) is 3.07 Å². The summed E-state index contributed by atoms with van der Waals surface area (Å²) in [5, 5.41) is 4.27. The lowest BCUT2D eigenvalue weighted by Gasteiger charge is -2.27. The maximum Gasteiger partial charge on any atom is 0.110 e. The molecular formula is C10H14I2N2O. The van der Waals surface area contributed by atoms with Crippen molar-refractivity contribution in [1.82, 2.24) is 5.43 Å². The number of nitrogens with one attached hydrogen (secondary N) is 1. The highest BCUT2D eigenvalue weighted by Crippen LogP contribution is 2.32. The Morgan fingerprint density at radius 2 is 2.27 bits per heavy atom. The molecule has 0 bridgehead atoms. The van der Waals surface area contributed by atoms with Crippen LogP contribution in [0, 0.1) is 5.92 Å². The van der Waals surface area contributed by atoms with E-state index < -0.39 is 0 Å². The number of rotatable bonds is 1. The number of allylic oxidation sites excluding steroid dienone is 1. The first kappa shape index (κ1) is 12.1. The van der Waals surface area contributed by atoms with Gasteiger partial charge in [-0.3, -0.25) is 5.43 Å². The van der Waals surface area contributed by atoms with Crippen molar-refractivity contribution >= 4 is 49.3 Å². The van der Waals surface area contributed by atoms with Gasteiger partial charge in [-0.05, 0) is 60.3 Å². The van der Waals surface area contributed by atoms with Crippen molar-refractivity contribution in [1.29, 1.82) is 0 Å². The minimum atomic E-state index is 0.434. The molecule has 0 spiro atoms. The van der Waals surface area contributed by atoms with Gasteiger partial charge in [0.05, 0.1) is 6.10 Å². The minimum Gasteiger partial charge on any atom is -0.312 e. The molecule has 84 valence electrons. The Hall–Kier alpha value is 0.630. The van der Waals surface area contributed by atoms with E-state index in [1.807, 2.05) is 23.0 Å². The van der Waals surface area contributed by atoms with Crippen molar-refractivity contribution in [3.05, 3.63) is 11.8 Å². The first-order chi connectivity index (χ1) is 7.31. The lowest BCUT2D eigenvalue weighted by molar-refractivity contribution is 0.236. The molecule has 2 rings (SSSR count). The Kier molecular flexibility index (Phi) is 4.68. The highest BCUT2D eigenvalue weighted by atomic mass is 127. The molecule has 2 unspecified atom stereocenters. The summed E-state index contributed by atoms with van der Waals surface area (Å²) in [5.74, 6) is 0.571. The van der Waals surface area contributed by atoms with E-state index in [2.05, 4.69) is 39.3 Å². The Labute approximate surface area is 118 Å². The van der Waals surface area contributed by atoms with Crippen LogP contribution in [0.15, 0.2) is 16.9 Å². The average Bonchev–Trinajstić information content (AvgIpc) is 2.21. The zero-order valence-electron chi connectivity index (χ0n) is 8.38. The highest BCUT2D eigenvalue weighted by molar-refractivity contribution is 14.1. The predicted octanol–water partition coefficient (Wildman–Crippen LogP) is 3.54. The van der Waals surface area contributed by atoms with Gasteiger partial charge >= 0.3 is 0 Å². The van der Waals surface area contributed by atoms with E-state index in [1.54, 1.807) is 0 Å². The van der Waals surface area contributed by atoms with Gasteiger partial charge in [0.2, 0.25) is 0 Å². The van der Waals surface area contributed by atoms with Crippen molar-refractivity contribution in [3.8, 4) is 0 Å². The fourth-order valence-electron chi connectivity index (χ4n) is 2.17. The van der Waals surface area contributed by atoms with Crippen molar-refractivity contribution in [2.45, 2.75) is 38.2 Å². The van der Waals surface area contributed by atoms with Gasteiger partial charge in [-0.2, -0.15) is 5.10 Å². The molecule has 1 aliphatic carbocycles. The molecule has 0 saturated heterocycles. The fourth-order valence-corrected chi connectivity index (χ4v) is 3.53. The predicted molar refractivity (Wildman–Crippen MR) is 78.1 cm³/mol. The van der Waals surface area contributed by atoms with E-state index in [1.165, 1.54) is 28.6 Å². The first-order valence-corrected chi connectivity index (χ1v) is 7.22. The lowest BCUT2D eigenvalue weighted by atomic mass is 9.86. The normalized spacial score (nSPS) is 31.6. The second-order valence-electron chi connectivity index (χ2n) is 4.02. The van der Waals surface area contributed by atoms with Gasteiger partial charge in [0.1, 0.15) is 26.7 Å². The van der Waals surface area contributed by atoms with Gasteiger partial charge in [0.25, 0.3) is 0 Å². The van der Waals surface area contributed by atoms with E-state index in [4.69, 9.17) is 3.07 Å². The van der Waals surface area contributed by atoms with Crippen LogP contribution in [0.4, 0.5) is 0 Å². The van der Waals surface area contributed by atoms with E-state index in [0.29, 0.717) is 12.0 Å². The molecule has 0 amide bonds. The average molecular weight is 432 g/mol. The molecule has 3 nitrogen and oxygen atoms in total. The SMILES string of the molecule is IOC1CCCC2C(=CNN=C2I)CC1. The van der Waals surface area contributed by atoms with Gasteiger partial charge in [-0.1, -0.05) is 0 Å². The molecule has 2 atom stereocenters. The zero-order valence-corrected chi connectivity index (χ0v) is 12.7.